The molecule has 0 radical (unpaired) electrons. The molecule has 8 nitrogen and oxygen atoms in total. The van der Waals surface area contributed by atoms with Gasteiger partial charge in [0.25, 0.3) is 0 Å². The number of para-hydroxylation sites is 1. The number of carbonyl (C=O) groups is 3. The van der Waals surface area contributed by atoms with E-state index in [1.54, 1.807) is 26.1 Å². The molecule has 4 rings (SSSR count). The predicted octanol–water partition coefficient (Wildman–Crippen LogP) is 2.84. The third-order valence-electron chi connectivity index (χ3n) is 7.77. The van der Waals surface area contributed by atoms with Gasteiger partial charge in [0.2, 0.25) is 17.7 Å². The number of ether oxygens (including phenoxy) is 1. The molecule has 2 aliphatic rings. The molecule has 1 unspecified atom stereocenters. The van der Waals surface area contributed by atoms with Crippen LogP contribution in [-0.4, -0.2) is 67.0 Å². The van der Waals surface area contributed by atoms with Crippen LogP contribution in [0.2, 0.25) is 0 Å². The second-order valence-electron chi connectivity index (χ2n) is 11.3. The van der Waals surface area contributed by atoms with Crippen LogP contribution >= 0.6 is 0 Å². The van der Waals surface area contributed by atoms with Crippen molar-refractivity contribution in [3.05, 3.63) is 65.5 Å². The van der Waals surface area contributed by atoms with Crippen LogP contribution in [0.25, 0.3) is 0 Å². The SMILES string of the molecule is C[C@@H]1CNC(=O)C(Cc2ccc(F)cc2)NC(=O)[C@@H](C)N(C)C(=O)[C@H](C2CC2)NC[C@@H](C)Oc2ccccc2C1. The first kappa shape index (κ1) is 29.5. The summed E-state index contributed by atoms with van der Waals surface area (Å²) in [6, 6.07) is 11.6. The van der Waals surface area contributed by atoms with Gasteiger partial charge in [-0.05, 0) is 74.3 Å². The molecule has 1 fully saturated rings. The van der Waals surface area contributed by atoms with Crippen molar-refractivity contribution in [3.63, 3.8) is 0 Å². The van der Waals surface area contributed by atoms with Crippen LogP contribution in [0.3, 0.4) is 0 Å². The van der Waals surface area contributed by atoms with Crippen molar-refractivity contribution in [2.24, 2.45) is 11.8 Å². The van der Waals surface area contributed by atoms with Gasteiger partial charge in [-0.25, -0.2) is 4.39 Å². The Morgan fingerprint density at radius 1 is 0.950 bits per heavy atom. The molecule has 9 heteroatoms. The van der Waals surface area contributed by atoms with Crippen LogP contribution in [0.4, 0.5) is 4.39 Å². The van der Waals surface area contributed by atoms with Gasteiger partial charge in [-0.3, -0.25) is 14.4 Å². The van der Waals surface area contributed by atoms with Crippen LogP contribution in [0.15, 0.2) is 48.5 Å². The van der Waals surface area contributed by atoms with E-state index in [1.807, 2.05) is 31.2 Å². The van der Waals surface area contributed by atoms with Crippen molar-refractivity contribution in [3.8, 4) is 5.75 Å². The van der Waals surface area contributed by atoms with Crippen molar-refractivity contribution in [2.75, 3.05) is 20.1 Å². The molecule has 0 bridgehead atoms. The Balaban J connectivity index is 1.59. The van der Waals surface area contributed by atoms with Crippen LogP contribution in [0.5, 0.6) is 5.75 Å². The zero-order valence-corrected chi connectivity index (χ0v) is 23.8. The highest BCUT2D eigenvalue weighted by molar-refractivity contribution is 5.93. The second kappa shape index (κ2) is 13.3. The molecule has 1 aliphatic carbocycles. The average molecular weight is 553 g/mol. The molecular formula is C31H41FN4O4. The van der Waals surface area contributed by atoms with E-state index in [0.717, 1.165) is 24.2 Å². The fraction of sp³-hybridized carbons (Fsp3) is 0.516. The maximum absolute atomic E-state index is 13.5. The molecule has 2 aromatic rings. The Kier molecular flexibility index (Phi) is 9.79. The number of fused-ring (bicyclic) bond motifs is 1. The number of carbonyl (C=O) groups excluding carboxylic acids is 3. The minimum atomic E-state index is -0.885. The minimum absolute atomic E-state index is 0.102. The standard InChI is InChI=1S/C31H41FN4O4/c1-19-15-24-7-5-6-8-27(24)40-20(2)18-33-28(23-11-12-23)31(39)36(4)21(3)29(37)35-26(30(38)34-17-19)16-22-9-13-25(32)14-10-22/h5-10,13-14,19-21,23,26,28,33H,11-12,15-18H2,1-4H3,(H,34,38)(H,35,37)/t19-,20+,21+,26?,28-/m0/s1. The summed E-state index contributed by atoms with van der Waals surface area (Å²) < 4.78 is 19.8. The van der Waals surface area contributed by atoms with Crippen LogP contribution in [-0.2, 0) is 27.2 Å². The number of halogens is 1. The number of rotatable bonds is 3. The van der Waals surface area contributed by atoms with Crippen molar-refractivity contribution >= 4 is 17.7 Å². The Morgan fingerprint density at radius 3 is 2.35 bits per heavy atom. The highest BCUT2D eigenvalue weighted by Crippen LogP contribution is 2.33. The molecule has 216 valence electrons. The van der Waals surface area contributed by atoms with Gasteiger partial charge in [0, 0.05) is 26.6 Å². The van der Waals surface area contributed by atoms with Gasteiger partial charge in [0.1, 0.15) is 29.8 Å². The summed E-state index contributed by atoms with van der Waals surface area (Å²) >= 11 is 0. The fourth-order valence-electron chi connectivity index (χ4n) is 5.01. The molecule has 1 heterocycles. The zero-order chi connectivity index (χ0) is 28.8. The van der Waals surface area contributed by atoms with Gasteiger partial charge in [-0.2, -0.15) is 0 Å². The largest absolute Gasteiger partial charge is 0.489 e. The van der Waals surface area contributed by atoms with E-state index in [4.69, 9.17) is 4.74 Å². The van der Waals surface area contributed by atoms with E-state index in [0.29, 0.717) is 25.1 Å². The van der Waals surface area contributed by atoms with Crippen LogP contribution in [0, 0.1) is 17.7 Å². The number of benzene rings is 2. The third-order valence-corrected chi connectivity index (χ3v) is 7.77. The highest BCUT2D eigenvalue weighted by atomic mass is 19.1. The minimum Gasteiger partial charge on any atom is -0.489 e. The number of hydrogen-bond donors (Lipinski definition) is 3. The molecule has 40 heavy (non-hydrogen) atoms. The molecule has 1 aliphatic heterocycles. The summed E-state index contributed by atoms with van der Waals surface area (Å²) in [7, 11) is 1.62. The third kappa shape index (κ3) is 7.81. The number of likely N-dealkylation sites (N-methyl/N-ethyl adjacent to an activating group) is 1. The molecule has 0 saturated heterocycles. The maximum Gasteiger partial charge on any atom is 0.243 e. The van der Waals surface area contributed by atoms with E-state index in [-0.39, 0.29) is 42.0 Å². The lowest BCUT2D eigenvalue weighted by Crippen LogP contribution is -2.57. The van der Waals surface area contributed by atoms with Crippen molar-refractivity contribution in [1.82, 2.24) is 20.9 Å². The van der Waals surface area contributed by atoms with Gasteiger partial charge in [-0.15, -0.1) is 0 Å². The van der Waals surface area contributed by atoms with Crippen LogP contribution in [0.1, 0.15) is 44.7 Å². The Hall–Kier alpha value is -3.46. The molecule has 0 spiro atoms. The van der Waals surface area contributed by atoms with Crippen molar-refractivity contribution < 1.29 is 23.5 Å². The first-order chi connectivity index (χ1) is 19.1. The van der Waals surface area contributed by atoms with E-state index in [1.165, 1.54) is 17.0 Å². The first-order valence-electron chi connectivity index (χ1n) is 14.2. The van der Waals surface area contributed by atoms with Gasteiger partial charge in [0.05, 0.1) is 6.04 Å². The highest BCUT2D eigenvalue weighted by Gasteiger charge is 2.39. The summed E-state index contributed by atoms with van der Waals surface area (Å²) in [6.07, 6.45) is 2.61. The van der Waals surface area contributed by atoms with Gasteiger partial charge in [-0.1, -0.05) is 37.3 Å². The predicted molar refractivity (Wildman–Crippen MR) is 151 cm³/mol. The lowest BCUT2D eigenvalue weighted by molar-refractivity contribution is -0.141. The van der Waals surface area contributed by atoms with Gasteiger partial charge < -0.3 is 25.6 Å². The lowest BCUT2D eigenvalue weighted by atomic mass is 9.99. The quantitative estimate of drug-likeness (QED) is 0.544. The second-order valence-corrected chi connectivity index (χ2v) is 11.3. The molecule has 3 amide bonds. The Labute approximate surface area is 236 Å². The van der Waals surface area contributed by atoms with Crippen molar-refractivity contribution in [2.45, 2.75) is 70.7 Å². The Morgan fingerprint density at radius 2 is 1.65 bits per heavy atom. The normalized spacial score (nSPS) is 27.5. The molecule has 5 atom stereocenters. The smallest absolute Gasteiger partial charge is 0.243 e. The van der Waals surface area contributed by atoms with E-state index in [9.17, 15) is 18.8 Å². The van der Waals surface area contributed by atoms with E-state index >= 15 is 0 Å². The molecule has 0 aromatic heterocycles. The average Bonchev–Trinajstić information content (AvgIpc) is 3.77. The van der Waals surface area contributed by atoms with E-state index in [2.05, 4.69) is 22.9 Å². The van der Waals surface area contributed by atoms with Gasteiger partial charge >= 0.3 is 0 Å². The van der Waals surface area contributed by atoms with Crippen LogP contribution < -0.4 is 20.7 Å². The molecule has 3 N–H and O–H groups in total. The topological polar surface area (TPSA) is 99.8 Å². The lowest BCUT2D eigenvalue weighted by Gasteiger charge is -2.31. The molecule has 1 saturated carbocycles. The summed E-state index contributed by atoms with van der Waals surface area (Å²) in [6.45, 7) is 6.57. The Bertz CT molecular complexity index is 1190. The van der Waals surface area contributed by atoms with Crippen molar-refractivity contribution in [1.29, 1.82) is 0 Å². The monoisotopic (exact) mass is 552 g/mol. The first-order valence-corrected chi connectivity index (χ1v) is 14.2. The summed E-state index contributed by atoms with van der Waals surface area (Å²) in [4.78, 5) is 41.6. The fourth-order valence-corrected chi connectivity index (χ4v) is 5.01. The number of nitrogens with one attached hydrogen (secondary N) is 3. The number of amides is 3. The number of hydrogen-bond acceptors (Lipinski definition) is 5. The van der Waals surface area contributed by atoms with Gasteiger partial charge in [0.15, 0.2) is 0 Å². The summed E-state index contributed by atoms with van der Waals surface area (Å²) in [5.74, 6) is -0.181. The van der Waals surface area contributed by atoms with E-state index < -0.39 is 24.0 Å². The number of nitrogens with zero attached hydrogens (tertiary/aromatic N) is 1. The molecular weight excluding hydrogens is 511 g/mol. The molecule has 2 aromatic carbocycles. The summed E-state index contributed by atoms with van der Waals surface area (Å²) in [5.41, 5.74) is 1.75. The zero-order valence-electron chi connectivity index (χ0n) is 23.8. The summed E-state index contributed by atoms with van der Waals surface area (Å²) in [5, 5.41) is 9.24. The maximum atomic E-state index is 13.5.